The van der Waals surface area contributed by atoms with E-state index in [0.29, 0.717) is 34.7 Å². The van der Waals surface area contributed by atoms with Gasteiger partial charge < -0.3 is 9.84 Å². The minimum atomic E-state index is -3.86. The topological polar surface area (TPSA) is 101 Å². The third-order valence-corrected chi connectivity index (χ3v) is 5.91. The van der Waals surface area contributed by atoms with Crippen LogP contribution in [0.4, 0.5) is 15.8 Å². The van der Waals surface area contributed by atoms with Gasteiger partial charge >= 0.3 is 0 Å². The number of nitrogens with zero attached hydrogens (tertiary/aromatic N) is 1. The first-order valence-corrected chi connectivity index (χ1v) is 11.0. The zero-order chi connectivity index (χ0) is 22.6. The number of amides is 1. The lowest BCUT2D eigenvalue weighted by molar-refractivity contribution is -0.115. The second-order valence-electron chi connectivity index (χ2n) is 6.88. The summed E-state index contributed by atoms with van der Waals surface area (Å²) in [6.45, 7) is 5.06. The lowest BCUT2D eigenvalue weighted by Crippen LogP contribution is -2.13. The zero-order valence-electron chi connectivity index (χ0n) is 17.3. The van der Waals surface area contributed by atoms with Crippen LogP contribution in [0.1, 0.15) is 35.9 Å². The van der Waals surface area contributed by atoms with E-state index in [9.17, 15) is 17.6 Å². The molecule has 0 aliphatic rings. The average Bonchev–Trinajstić information content (AvgIpc) is 3.08. The molecule has 0 unspecified atom stereocenters. The smallest absolute Gasteiger partial charge is 0.261 e. The quantitative estimate of drug-likeness (QED) is 0.549. The Morgan fingerprint density at radius 2 is 1.84 bits per heavy atom. The van der Waals surface area contributed by atoms with Crippen molar-refractivity contribution in [2.45, 2.75) is 32.1 Å². The molecule has 0 aliphatic heterocycles. The summed E-state index contributed by atoms with van der Waals surface area (Å²) in [7, 11) is -3.86. The van der Waals surface area contributed by atoms with Crippen LogP contribution in [0.5, 0.6) is 0 Å². The lowest BCUT2D eigenvalue weighted by atomic mass is 10.2. The summed E-state index contributed by atoms with van der Waals surface area (Å²) in [5, 5.41) is 6.60. The molecular weight excluding hydrogens is 421 g/mol. The van der Waals surface area contributed by atoms with Gasteiger partial charge in [0.2, 0.25) is 5.91 Å². The van der Waals surface area contributed by atoms with E-state index in [1.165, 1.54) is 24.3 Å². The molecule has 0 bridgehead atoms. The molecule has 0 fully saturated rings. The number of benzene rings is 2. The number of halogens is 1. The summed E-state index contributed by atoms with van der Waals surface area (Å²) < 4.78 is 46.4. The second kappa shape index (κ2) is 9.13. The highest BCUT2D eigenvalue weighted by atomic mass is 32.2. The molecule has 31 heavy (non-hydrogen) atoms. The molecule has 7 nitrogen and oxygen atoms in total. The minimum Gasteiger partial charge on any atom is -0.354 e. The van der Waals surface area contributed by atoms with Gasteiger partial charge in [-0.15, -0.1) is 0 Å². The predicted octanol–water partition coefficient (Wildman–Crippen LogP) is 4.75. The standard InChI is InChI=1S/C22H22FN3O4S/c1-4-21(27)24-22-15(3)25-30-20(22)12-8-16-6-10-18(11-7-16)31(28,29)26-17-9-5-14(2)19(23)13-17/h5-13,26H,4H2,1-3H3,(H,24,27)/b12-8-. The summed E-state index contributed by atoms with van der Waals surface area (Å²) >= 11 is 0. The van der Waals surface area contributed by atoms with Crippen LogP contribution in [0.15, 0.2) is 51.9 Å². The Kier molecular flexibility index (Phi) is 6.55. The summed E-state index contributed by atoms with van der Waals surface area (Å²) in [5.74, 6) is -0.256. The molecule has 0 saturated carbocycles. The first-order valence-electron chi connectivity index (χ1n) is 9.53. The van der Waals surface area contributed by atoms with Gasteiger partial charge in [0.15, 0.2) is 5.76 Å². The molecule has 3 aromatic rings. The Balaban J connectivity index is 1.76. The van der Waals surface area contributed by atoms with Gasteiger partial charge in [0.25, 0.3) is 10.0 Å². The summed E-state index contributed by atoms with van der Waals surface area (Å²) in [6.07, 6.45) is 3.68. The van der Waals surface area contributed by atoms with E-state index in [0.717, 1.165) is 6.07 Å². The Morgan fingerprint density at radius 3 is 2.48 bits per heavy atom. The first kappa shape index (κ1) is 22.2. The fourth-order valence-corrected chi connectivity index (χ4v) is 3.73. The van der Waals surface area contributed by atoms with Gasteiger partial charge in [0, 0.05) is 6.42 Å². The van der Waals surface area contributed by atoms with Crippen LogP contribution in [-0.2, 0) is 14.8 Å². The third-order valence-electron chi connectivity index (χ3n) is 4.52. The van der Waals surface area contributed by atoms with Gasteiger partial charge in [-0.2, -0.15) is 0 Å². The number of carbonyl (C=O) groups is 1. The maximum Gasteiger partial charge on any atom is 0.261 e. The average molecular weight is 444 g/mol. The van der Waals surface area contributed by atoms with Gasteiger partial charge in [0.05, 0.1) is 10.6 Å². The molecule has 162 valence electrons. The maximum atomic E-state index is 13.7. The molecule has 2 N–H and O–H groups in total. The number of hydrogen-bond donors (Lipinski definition) is 2. The molecular formula is C22H22FN3O4S. The van der Waals surface area contributed by atoms with E-state index >= 15 is 0 Å². The Morgan fingerprint density at radius 1 is 1.13 bits per heavy atom. The van der Waals surface area contributed by atoms with Gasteiger partial charge in [-0.1, -0.05) is 36.4 Å². The molecule has 0 saturated heterocycles. The van der Waals surface area contributed by atoms with Crippen molar-refractivity contribution in [3.8, 4) is 0 Å². The van der Waals surface area contributed by atoms with Crippen molar-refractivity contribution in [2.24, 2.45) is 0 Å². The molecule has 1 amide bonds. The summed E-state index contributed by atoms with van der Waals surface area (Å²) in [5.41, 5.74) is 2.34. The monoisotopic (exact) mass is 443 g/mol. The first-order chi connectivity index (χ1) is 14.7. The summed E-state index contributed by atoms with van der Waals surface area (Å²) in [6, 6.07) is 10.3. The van der Waals surface area contributed by atoms with Crippen LogP contribution in [0.3, 0.4) is 0 Å². The van der Waals surface area contributed by atoms with Crippen molar-refractivity contribution in [2.75, 3.05) is 10.0 Å². The lowest BCUT2D eigenvalue weighted by Gasteiger charge is -2.09. The number of rotatable bonds is 7. The van der Waals surface area contributed by atoms with Crippen LogP contribution < -0.4 is 10.0 Å². The molecule has 3 rings (SSSR count). The third kappa shape index (κ3) is 5.37. The van der Waals surface area contributed by atoms with Crippen LogP contribution in [0.25, 0.3) is 12.2 Å². The predicted molar refractivity (Wildman–Crippen MR) is 117 cm³/mol. The molecule has 0 aliphatic carbocycles. The Hall–Kier alpha value is -3.46. The molecule has 0 atom stereocenters. The largest absolute Gasteiger partial charge is 0.354 e. The van der Waals surface area contributed by atoms with Crippen molar-refractivity contribution in [1.82, 2.24) is 5.16 Å². The van der Waals surface area contributed by atoms with Gasteiger partial charge in [0.1, 0.15) is 17.2 Å². The second-order valence-corrected chi connectivity index (χ2v) is 8.56. The van der Waals surface area contributed by atoms with Gasteiger partial charge in [-0.25, -0.2) is 12.8 Å². The van der Waals surface area contributed by atoms with Crippen molar-refractivity contribution >= 4 is 39.5 Å². The van der Waals surface area contributed by atoms with Crippen molar-refractivity contribution < 1.29 is 22.1 Å². The van der Waals surface area contributed by atoms with Crippen molar-refractivity contribution in [3.05, 3.63) is 70.9 Å². The fourth-order valence-electron chi connectivity index (χ4n) is 2.68. The normalized spacial score (nSPS) is 11.6. The maximum absolute atomic E-state index is 13.7. The van der Waals surface area contributed by atoms with Crippen molar-refractivity contribution in [1.29, 1.82) is 0 Å². The number of hydrogen-bond acceptors (Lipinski definition) is 5. The van der Waals surface area contributed by atoms with E-state index in [1.54, 1.807) is 45.1 Å². The highest BCUT2D eigenvalue weighted by Crippen LogP contribution is 2.23. The Labute approximate surface area is 180 Å². The number of sulfonamides is 1. The highest BCUT2D eigenvalue weighted by molar-refractivity contribution is 7.92. The molecule has 0 radical (unpaired) electrons. The fraction of sp³-hybridized carbons (Fsp3) is 0.182. The van der Waals surface area contributed by atoms with Gasteiger partial charge in [-0.3, -0.25) is 9.52 Å². The molecule has 1 heterocycles. The zero-order valence-corrected chi connectivity index (χ0v) is 18.1. The molecule has 0 spiro atoms. The number of nitrogens with one attached hydrogen (secondary N) is 2. The van der Waals surface area contributed by atoms with Crippen LogP contribution in [0, 0.1) is 19.7 Å². The summed E-state index contributed by atoms with van der Waals surface area (Å²) in [4.78, 5) is 11.7. The van der Waals surface area contributed by atoms with E-state index in [1.807, 2.05) is 0 Å². The number of carbonyl (C=O) groups excluding carboxylic acids is 1. The molecule has 9 heteroatoms. The SMILES string of the molecule is CCC(=O)Nc1c(C)noc1/C=C\c1ccc(S(=O)(=O)Nc2ccc(C)c(F)c2)cc1. The van der Waals surface area contributed by atoms with E-state index in [2.05, 4.69) is 15.2 Å². The number of anilines is 2. The van der Waals surface area contributed by atoms with E-state index in [-0.39, 0.29) is 16.5 Å². The Bertz CT molecular complexity index is 1230. The van der Waals surface area contributed by atoms with Crippen molar-refractivity contribution in [3.63, 3.8) is 0 Å². The van der Waals surface area contributed by atoms with E-state index < -0.39 is 15.8 Å². The molecule has 2 aromatic carbocycles. The van der Waals surface area contributed by atoms with Crippen LogP contribution in [-0.4, -0.2) is 19.5 Å². The molecule has 1 aromatic heterocycles. The number of aryl methyl sites for hydroxylation is 2. The van der Waals surface area contributed by atoms with Crippen LogP contribution in [0.2, 0.25) is 0 Å². The minimum absolute atomic E-state index is 0.0389. The van der Waals surface area contributed by atoms with Gasteiger partial charge in [-0.05, 0) is 55.3 Å². The highest BCUT2D eigenvalue weighted by Gasteiger charge is 2.15. The van der Waals surface area contributed by atoms with Crippen LogP contribution >= 0.6 is 0 Å². The van der Waals surface area contributed by atoms with E-state index in [4.69, 9.17) is 4.52 Å². The number of aromatic nitrogens is 1.